The van der Waals surface area contributed by atoms with Crippen LogP contribution in [-0.4, -0.2) is 61.3 Å². The average Bonchev–Trinajstić information content (AvgIpc) is 3.11. The molecule has 0 aliphatic rings. The van der Waals surface area contributed by atoms with Gasteiger partial charge in [-0.05, 0) is 25.1 Å². The van der Waals surface area contributed by atoms with E-state index in [9.17, 15) is 9.59 Å². The molecular formula is C21H26ClN3O8. The van der Waals surface area contributed by atoms with Crippen molar-refractivity contribution in [1.29, 1.82) is 0 Å². The number of aliphatic hydroxyl groups excluding tert-OH is 3. The van der Waals surface area contributed by atoms with Gasteiger partial charge in [0.1, 0.15) is 11.9 Å². The number of nitrogens with zero attached hydrogens (tertiary/aromatic N) is 2. The normalized spacial score (nSPS) is 12.2. The van der Waals surface area contributed by atoms with E-state index in [0.29, 0.717) is 16.3 Å². The molecule has 33 heavy (non-hydrogen) atoms. The van der Waals surface area contributed by atoms with Crippen LogP contribution in [0.3, 0.4) is 0 Å². The number of hydrogen-bond acceptors (Lipinski definition) is 9. The van der Waals surface area contributed by atoms with Gasteiger partial charge in [-0.15, -0.1) is 0 Å². The van der Waals surface area contributed by atoms with E-state index in [-0.39, 0.29) is 24.7 Å². The molecule has 180 valence electrons. The van der Waals surface area contributed by atoms with E-state index in [1.165, 1.54) is 16.7 Å². The summed E-state index contributed by atoms with van der Waals surface area (Å²) in [5.41, 5.74) is 5.38. The number of aryl methyl sites for hydroxylation is 1. The third-order valence-electron chi connectivity index (χ3n) is 4.62. The van der Waals surface area contributed by atoms with Crippen molar-refractivity contribution in [2.45, 2.75) is 31.5 Å². The van der Waals surface area contributed by atoms with Gasteiger partial charge in [-0.1, -0.05) is 17.7 Å². The third-order valence-corrected chi connectivity index (χ3v) is 4.92. The predicted molar refractivity (Wildman–Crippen MR) is 119 cm³/mol. The van der Waals surface area contributed by atoms with Crippen molar-refractivity contribution >= 4 is 28.7 Å². The van der Waals surface area contributed by atoms with Gasteiger partial charge in [0.05, 0.1) is 48.0 Å². The maximum atomic E-state index is 11.9. The van der Waals surface area contributed by atoms with Gasteiger partial charge < -0.3 is 35.3 Å². The molecule has 0 aliphatic carbocycles. The van der Waals surface area contributed by atoms with Crippen LogP contribution in [0.4, 0.5) is 0 Å². The molecular weight excluding hydrogens is 458 g/mol. The summed E-state index contributed by atoms with van der Waals surface area (Å²) in [7, 11) is 0. The van der Waals surface area contributed by atoms with Crippen LogP contribution in [-0.2, 0) is 11.3 Å². The first-order valence-corrected chi connectivity index (χ1v) is 10.3. The van der Waals surface area contributed by atoms with Crippen molar-refractivity contribution in [2.24, 2.45) is 5.73 Å². The van der Waals surface area contributed by atoms with E-state index in [1.54, 1.807) is 6.20 Å². The molecule has 0 aliphatic heterocycles. The summed E-state index contributed by atoms with van der Waals surface area (Å²) >= 11 is 6.26. The number of carboxylic acid groups (broad SMARTS) is 1. The van der Waals surface area contributed by atoms with Crippen molar-refractivity contribution < 1.29 is 34.4 Å². The zero-order chi connectivity index (χ0) is 24.6. The molecule has 2 heterocycles. The maximum Gasteiger partial charge on any atom is 0.419 e. The van der Waals surface area contributed by atoms with Gasteiger partial charge in [-0.2, -0.15) is 0 Å². The second kappa shape index (κ2) is 11.8. The Balaban J connectivity index is 0.000000414. The summed E-state index contributed by atoms with van der Waals surface area (Å²) < 4.78 is 12.2. The predicted octanol–water partition coefficient (Wildman–Crippen LogP) is 0.918. The highest BCUT2D eigenvalue weighted by Gasteiger charge is 2.21. The zero-order valence-electron chi connectivity index (χ0n) is 17.8. The molecule has 0 spiro atoms. The quantitative estimate of drug-likeness (QED) is 0.293. The number of carboxylic acids is 1. The fourth-order valence-corrected chi connectivity index (χ4v) is 2.79. The average molecular weight is 484 g/mol. The van der Waals surface area contributed by atoms with Gasteiger partial charge in [0.25, 0.3) is 0 Å². The lowest BCUT2D eigenvalue weighted by Gasteiger charge is -2.20. The number of carbonyl (C=O) groups is 1. The van der Waals surface area contributed by atoms with E-state index >= 15 is 0 Å². The summed E-state index contributed by atoms with van der Waals surface area (Å²) in [6, 6.07) is 8.55. The van der Waals surface area contributed by atoms with Crippen LogP contribution in [0.2, 0.25) is 5.02 Å². The monoisotopic (exact) mass is 483 g/mol. The number of benzene rings is 1. The lowest BCUT2D eigenvalue weighted by atomic mass is 10.1. The van der Waals surface area contributed by atoms with Crippen LogP contribution < -0.4 is 16.2 Å². The molecule has 2 aromatic heterocycles. The number of aromatic nitrogens is 2. The van der Waals surface area contributed by atoms with Crippen molar-refractivity contribution in [3.05, 3.63) is 57.8 Å². The zero-order valence-corrected chi connectivity index (χ0v) is 18.6. The van der Waals surface area contributed by atoms with Gasteiger partial charge in [0, 0.05) is 18.8 Å². The van der Waals surface area contributed by atoms with Gasteiger partial charge in [0.15, 0.2) is 5.58 Å². The highest BCUT2D eigenvalue weighted by atomic mass is 35.5. The number of ether oxygens (including phenoxy) is 1. The van der Waals surface area contributed by atoms with E-state index in [0.717, 1.165) is 5.69 Å². The van der Waals surface area contributed by atoms with Crippen LogP contribution in [0, 0.1) is 0 Å². The van der Waals surface area contributed by atoms with Crippen LogP contribution in [0.1, 0.15) is 25.1 Å². The van der Waals surface area contributed by atoms with Crippen LogP contribution in [0.15, 0.2) is 45.7 Å². The number of hydrogen-bond donors (Lipinski definition) is 5. The maximum absolute atomic E-state index is 11.9. The number of halogens is 1. The lowest BCUT2D eigenvalue weighted by molar-refractivity contribution is -0.137. The summed E-state index contributed by atoms with van der Waals surface area (Å²) in [6.45, 7) is 0.624. The van der Waals surface area contributed by atoms with Crippen LogP contribution >= 0.6 is 11.6 Å². The summed E-state index contributed by atoms with van der Waals surface area (Å²) in [5.74, 6) is -1.29. The molecule has 0 saturated carbocycles. The molecule has 1 unspecified atom stereocenters. The van der Waals surface area contributed by atoms with E-state index < -0.39 is 37.1 Å². The van der Waals surface area contributed by atoms with Crippen molar-refractivity contribution in [2.75, 3.05) is 19.8 Å². The molecule has 12 heteroatoms. The van der Waals surface area contributed by atoms with E-state index in [4.69, 9.17) is 46.9 Å². The van der Waals surface area contributed by atoms with Crippen molar-refractivity contribution in [1.82, 2.24) is 9.55 Å². The summed E-state index contributed by atoms with van der Waals surface area (Å²) in [4.78, 5) is 26.9. The number of oxazole rings is 1. The lowest BCUT2D eigenvalue weighted by Crippen LogP contribution is -2.50. The number of aliphatic hydroxyl groups is 3. The van der Waals surface area contributed by atoms with Crippen LogP contribution in [0.5, 0.6) is 5.75 Å². The molecule has 0 amide bonds. The number of aliphatic carboxylic acids is 1. The van der Waals surface area contributed by atoms with Gasteiger partial charge in [-0.3, -0.25) is 14.3 Å². The number of pyridine rings is 1. The molecule has 3 aromatic rings. The van der Waals surface area contributed by atoms with Crippen LogP contribution in [0.25, 0.3) is 11.1 Å². The van der Waals surface area contributed by atoms with Crippen molar-refractivity contribution in [3.8, 4) is 5.75 Å². The second-order valence-corrected chi connectivity index (χ2v) is 7.67. The molecule has 0 fully saturated rings. The molecule has 6 N–H and O–H groups in total. The molecule has 11 nitrogen and oxygen atoms in total. The first-order valence-electron chi connectivity index (χ1n) is 9.88. The Morgan fingerprint density at radius 3 is 2.45 bits per heavy atom. The van der Waals surface area contributed by atoms with Gasteiger partial charge >= 0.3 is 11.7 Å². The number of nitrogens with two attached hydrogens (primary N) is 1. The Morgan fingerprint density at radius 1 is 1.27 bits per heavy atom. The standard InChI is InChI=1S/C17H15ClN2O5.C4H11NO3/c1-10(12-4-2-3-6-19-12)24-14-9-15-13(8-11(14)18)20(17(23)25-15)7-5-16(21)22;5-4(1-6,2-7)3-8/h2-4,6,8-10H,5,7H2,1H3,(H,21,22);6-8H,1-3,5H2. The molecule has 1 atom stereocenters. The summed E-state index contributed by atoms with van der Waals surface area (Å²) in [5, 5.41) is 34.1. The molecule has 1 aromatic carbocycles. The van der Waals surface area contributed by atoms with E-state index in [1.807, 2.05) is 25.1 Å². The smallest absolute Gasteiger partial charge is 0.419 e. The Morgan fingerprint density at radius 2 is 1.94 bits per heavy atom. The number of rotatable bonds is 9. The minimum absolute atomic E-state index is 0.00202. The fraction of sp³-hybridized carbons (Fsp3) is 0.381. The number of fused-ring (bicyclic) bond motifs is 1. The minimum Gasteiger partial charge on any atom is -0.483 e. The third kappa shape index (κ3) is 7.01. The van der Waals surface area contributed by atoms with Gasteiger partial charge in [-0.25, -0.2) is 4.79 Å². The fourth-order valence-electron chi connectivity index (χ4n) is 2.59. The summed E-state index contributed by atoms with van der Waals surface area (Å²) in [6.07, 6.45) is 1.12. The topological polar surface area (TPSA) is 181 Å². The molecule has 0 bridgehead atoms. The second-order valence-electron chi connectivity index (χ2n) is 7.27. The Hall–Kier alpha value is -2.96. The molecule has 3 rings (SSSR count). The van der Waals surface area contributed by atoms with Crippen molar-refractivity contribution in [3.63, 3.8) is 0 Å². The Bertz CT molecular complexity index is 1100. The van der Waals surface area contributed by atoms with Gasteiger partial charge in [0.2, 0.25) is 0 Å². The largest absolute Gasteiger partial charge is 0.483 e. The Labute approximate surface area is 193 Å². The first-order chi connectivity index (χ1) is 15.6. The SMILES string of the molecule is CC(Oc1cc2oc(=O)n(CCC(=O)O)c2cc1Cl)c1ccccn1.NC(CO)(CO)CO. The highest BCUT2D eigenvalue weighted by Crippen LogP contribution is 2.32. The first kappa shape index (κ1) is 26.3. The van der Waals surface area contributed by atoms with E-state index in [2.05, 4.69) is 4.98 Å². The molecule has 0 radical (unpaired) electrons. The minimum atomic E-state index is -1.21. The highest BCUT2D eigenvalue weighted by molar-refractivity contribution is 6.32. The Kier molecular flexibility index (Phi) is 9.38. The molecule has 0 saturated heterocycles.